The second-order valence-electron chi connectivity index (χ2n) is 3.69. The molecule has 74 valence electrons. The monoisotopic (exact) mass is 196 g/mol. The number of allylic oxidation sites excluding steroid dienone is 2. The molecule has 1 heterocycles. The number of hydrogen-bond donors (Lipinski definition) is 2. The lowest BCUT2D eigenvalue weighted by molar-refractivity contribution is 0.656. The molecule has 2 aliphatic rings. The number of hydrazine groups is 1. The van der Waals surface area contributed by atoms with Crippen LogP contribution in [-0.4, -0.2) is 6.04 Å². The van der Waals surface area contributed by atoms with E-state index in [2.05, 4.69) is 59.4 Å². The highest BCUT2D eigenvalue weighted by Crippen LogP contribution is 2.25. The van der Waals surface area contributed by atoms with Crippen LogP contribution in [0.25, 0.3) is 5.70 Å². The standard InChI is InChI=1S/C13H12N2/c1-2-6-10(7-3-1)13-11-8-4-5-9-12(11)14-15-13/h1-9,12,14-15H. The van der Waals surface area contributed by atoms with Crippen LogP contribution in [0.1, 0.15) is 5.56 Å². The average Bonchev–Trinajstić information content (AvgIpc) is 2.74. The summed E-state index contributed by atoms with van der Waals surface area (Å²) in [7, 11) is 0. The van der Waals surface area contributed by atoms with Crippen LogP contribution in [0.5, 0.6) is 0 Å². The molecule has 3 rings (SSSR count). The molecule has 1 aromatic carbocycles. The van der Waals surface area contributed by atoms with Crippen molar-refractivity contribution in [3.8, 4) is 0 Å². The van der Waals surface area contributed by atoms with Crippen molar-refractivity contribution < 1.29 is 0 Å². The normalized spacial score (nSPS) is 22.8. The summed E-state index contributed by atoms with van der Waals surface area (Å²) >= 11 is 0. The van der Waals surface area contributed by atoms with Crippen molar-refractivity contribution in [3.63, 3.8) is 0 Å². The van der Waals surface area contributed by atoms with Gasteiger partial charge in [-0.25, -0.2) is 5.43 Å². The predicted octanol–water partition coefficient (Wildman–Crippen LogP) is 2.00. The Hall–Kier alpha value is -1.80. The quantitative estimate of drug-likeness (QED) is 0.718. The Kier molecular flexibility index (Phi) is 1.93. The molecule has 1 aliphatic heterocycles. The third kappa shape index (κ3) is 1.39. The van der Waals surface area contributed by atoms with Gasteiger partial charge in [0.15, 0.2) is 0 Å². The lowest BCUT2D eigenvalue weighted by Gasteiger charge is -2.08. The summed E-state index contributed by atoms with van der Waals surface area (Å²) < 4.78 is 0. The zero-order chi connectivity index (χ0) is 10.1. The molecule has 1 aromatic rings. The third-order valence-electron chi connectivity index (χ3n) is 2.73. The van der Waals surface area contributed by atoms with Gasteiger partial charge in [-0.15, -0.1) is 0 Å². The highest BCUT2D eigenvalue weighted by Gasteiger charge is 2.22. The molecule has 2 N–H and O–H groups in total. The molecule has 0 radical (unpaired) electrons. The summed E-state index contributed by atoms with van der Waals surface area (Å²) in [5.41, 5.74) is 10.2. The van der Waals surface area contributed by atoms with Gasteiger partial charge in [-0.1, -0.05) is 54.6 Å². The molecule has 0 saturated heterocycles. The van der Waals surface area contributed by atoms with Gasteiger partial charge in [0.1, 0.15) is 0 Å². The van der Waals surface area contributed by atoms with Crippen LogP contribution in [0, 0.1) is 0 Å². The van der Waals surface area contributed by atoms with Gasteiger partial charge in [0.05, 0.1) is 11.7 Å². The first kappa shape index (κ1) is 8.50. The molecule has 0 aromatic heterocycles. The smallest absolute Gasteiger partial charge is 0.0714 e. The number of nitrogens with one attached hydrogen (secondary N) is 2. The number of rotatable bonds is 1. The Balaban J connectivity index is 2.07. The van der Waals surface area contributed by atoms with Gasteiger partial charge in [0.2, 0.25) is 0 Å². The minimum Gasteiger partial charge on any atom is -0.320 e. The minimum atomic E-state index is 0.310. The molecule has 1 atom stereocenters. The van der Waals surface area contributed by atoms with Crippen LogP contribution in [0.3, 0.4) is 0 Å². The van der Waals surface area contributed by atoms with E-state index in [1.807, 2.05) is 6.07 Å². The molecule has 0 fully saturated rings. The Morgan fingerprint density at radius 3 is 2.73 bits per heavy atom. The molecule has 2 heteroatoms. The van der Waals surface area contributed by atoms with Crippen LogP contribution >= 0.6 is 0 Å². The third-order valence-corrected chi connectivity index (χ3v) is 2.73. The Morgan fingerprint density at radius 2 is 1.87 bits per heavy atom. The average molecular weight is 196 g/mol. The van der Waals surface area contributed by atoms with Crippen LogP contribution in [-0.2, 0) is 0 Å². The van der Waals surface area contributed by atoms with Gasteiger partial charge in [-0.2, -0.15) is 0 Å². The molecule has 1 unspecified atom stereocenters. The fraction of sp³-hybridized carbons (Fsp3) is 0.0769. The number of hydrogen-bond acceptors (Lipinski definition) is 2. The zero-order valence-corrected chi connectivity index (χ0v) is 8.27. The first-order valence-corrected chi connectivity index (χ1v) is 5.11. The molecule has 2 nitrogen and oxygen atoms in total. The van der Waals surface area contributed by atoms with Gasteiger partial charge < -0.3 is 5.43 Å². The number of fused-ring (bicyclic) bond motifs is 1. The lowest BCUT2D eigenvalue weighted by Crippen LogP contribution is -2.31. The second-order valence-corrected chi connectivity index (χ2v) is 3.69. The summed E-state index contributed by atoms with van der Waals surface area (Å²) in [6, 6.07) is 10.7. The van der Waals surface area contributed by atoms with Crippen molar-refractivity contribution in [3.05, 3.63) is 65.8 Å². The highest BCUT2D eigenvalue weighted by molar-refractivity contribution is 5.73. The summed E-state index contributed by atoms with van der Waals surface area (Å²) in [5.74, 6) is 0. The first-order valence-electron chi connectivity index (χ1n) is 5.11. The van der Waals surface area contributed by atoms with Crippen molar-refractivity contribution >= 4 is 5.70 Å². The van der Waals surface area contributed by atoms with E-state index in [1.165, 1.54) is 16.8 Å². The largest absolute Gasteiger partial charge is 0.320 e. The molecule has 1 aliphatic carbocycles. The van der Waals surface area contributed by atoms with E-state index < -0.39 is 0 Å². The maximum Gasteiger partial charge on any atom is 0.0714 e. The van der Waals surface area contributed by atoms with Crippen LogP contribution in [0.15, 0.2) is 60.2 Å². The van der Waals surface area contributed by atoms with Crippen molar-refractivity contribution in [1.29, 1.82) is 0 Å². The minimum absolute atomic E-state index is 0.310. The van der Waals surface area contributed by atoms with Crippen molar-refractivity contribution in [2.45, 2.75) is 6.04 Å². The molecular formula is C13H12N2. The maximum atomic E-state index is 3.24. The summed E-state index contributed by atoms with van der Waals surface area (Å²) in [4.78, 5) is 0. The molecule has 0 saturated carbocycles. The lowest BCUT2D eigenvalue weighted by atomic mass is 9.99. The zero-order valence-electron chi connectivity index (χ0n) is 8.27. The van der Waals surface area contributed by atoms with E-state index >= 15 is 0 Å². The predicted molar refractivity (Wildman–Crippen MR) is 61.7 cm³/mol. The van der Waals surface area contributed by atoms with E-state index in [0.29, 0.717) is 6.04 Å². The maximum absolute atomic E-state index is 3.24. The molecular weight excluding hydrogens is 184 g/mol. The molecule has 0 amide bonds. The van der Waals surface area contributed by atoms with E-state index in [-0.39, 0.29) is 0 Å². The van der Waals surface area contributed by atoms with Crippen LogP contribution in [0.4, 0.5) is 0 Å². The summed E-state index contributed by atoms with van der Waals surface area (Å²) in [5, 5.41) is 0. The first-order chi connectivity index (χ1) is 7.45. The van der Waals surface area contributed by atoms with E-state index in [4.69, 9.17) is 0 Å². The fourth-order valence-electron chi connectivity index (χ4n) is 1.97. The van der Waals surface area contributed by atoms with E-state index in [1.54, 1.807) is 0 Å². The SMILES string of the molecule is C1=CC2=C(c3ccccc3)NNC2C=C1. The van der Waals surface area contributed by atoms with Crippen LogP contribution in [0.2, 0.25) is 0 Å². The number of benzene rings is 1. The van der Waals surface area contributed by atoms with E-state index in [0.717, 1.165) is 0 Å². The van der Waals surface area contributed by atoms with Gasteiger partial charge in [-0.3, -0.25) is 0 Å². The Bertz CT molecular complexity index is 455. The Labute approximate surface area is 89.0 Å². The Morgan fingerprint density at radius 1 is 1.00 bits per heavy atom. The highest BCUT2D eigenvalue weighted by atomic mass is 15.4. The molecule has 0 spiro atoms. The molecule has 15 heavy (non-hydrogen) atoms. The summed E-state index contributed by atoms with van der Waals surface area (Å²) in [6.07, 6.45) is 8.44. The van der Waals surface area contributed by atoms with Crippen molar-refractivity contribution in [2.75, 3.05) is 0 Å². The second kappa shape index (κ2) is 3.41. The topological polar surface area (TPSA) is 24.1 Å². The van der Waals surface area contributed by atoms with Gasteiger partial charge >= 0.3 is 0 Å². The molecule has 0 bridgehead atoms. The van der Waals surface area contributed by atoms with Crippen LogP contribution < -0.4 is 10.9 Å². The van der Waals surface area contributed by atoms with Gasteiger partial charge in [0.25, 0.3) is 0 Å². The van der Waals surface area contributed by atoms with Gasteiger partial charge in [0, 0.05) is 0 Å². The van der Waals surface area contributed by atoms with Crippen molar-refractivity contribution in [1.82, 2.24) is 10.9 Å². The van der Waals surface area contributed by atoms with E-state index in [9.17, 15) is 0 Å². The van der Waals surface area contributed by atoms with Crippen molar-refractivity contribution in [2.24, 2.45) is 0 Å². The van der Waals surface area contributed by atoms with Gasteiger partial charge in [-0.05, 0) is 11.1 Å². The summed E-state index contributed by atoms with van der Waals surface area (Å²) in [6.45, 7) is 0. The fourth-order valence-corrected chi connectivity index (χ4v) is 1.97.